The third-order valence-corrected chi connectivity index (χ3v) is 7.73. The number of hydrogen-bond donors (Lipinski definition) is 1. The molecule has 0 bridgehead atoms. The smallest absolute Gasteiger partial charge is 0.252 e. The summed E-state index contributed by atoms with van der Waals surface area (Å²) in [4.78, 5) is 14.3. The average molecular weight is 430 g/mol. The highest BCUT2D eigenvalue weighted by Crippen LogP contribution is 2.27. The van der Waals surface area contributed by atoms with Crippen molar-refractivity contribution in [2.45, 2.75) is 4.21 Å². The molecule has 0 radical (unpaired) electrons. The Balaban J connectivity index is 1.55. The molecule has 1 amide bonds. The lowest BCUT2D eigenvalue weighted by Gasteiger charge is -2.33. The van der Waals surface area contributed by atoms with E-state index in [0.29, 0.717) is 46.8 Å². The van der Waals surface area contributed by atoms with Gasteiger partial charge in [0.25, 0.3) is 10.0 Å². The Bertz CT molecular complexity index is 895. The highest BCUT2D eigenvalue weighted by atomic mass is 35.5. The van der Waals surface area contributed by atoms with Gasteiger partial charge in [-0.2, -0.15) is 4.31 Å². The SMILES string of the molecule is COc1ccc(Cl)cc1NC(=O)CN1CCN(S(=O)(=O)c2cccs2)CC1. The number of carbonyl (C=O) groups excluding carboxylic acids is 1. The number of nitrogens with zero attached hydrogens (tertiary/aromatic N) is 2. The molecule has 1 fully saturated rings. The van der Waals surface area contributed by atoms with Gasteiger partial charge in [0.2, 0.25) is 5.91 Å². The maximum Gasteiger partial charge on any atom is 0.252 e. The van der Waals surface area contributed by atoms with Gasteiger partial charge in [-0.1, -0.05) is 17.7 Å². The number of halogens is 1. The molecule has 1 saturated heterocycles. The van der Waals surface area contributed by atoms with Gasteiger partial charge >= 0.3 is 0 Å². The minimum absolute atomic E-state index is 0.169. The third-order valence-electron chi connectivity index (χ3n) is 4.22. The second-order valence-corrected chi connectivity index (χ2v) is 9.55. The molecule has 7 nitrogen and oxygen atoms in total. The molecule has 0 unspecified atom stereocenters. The molecule has 10 heteroatoms. The van der Waals surface area contributed by atoms with Crippen LogP contribution in [0.25, 0.3) is 0 Å². The van der Waals surface area contributed by atoms with Crippen molar-refractivity contribution in [2.75, 3.05) is 45.2 Å². The van der Waals surface area contributed by atoms with Crippen LogP contribution in [0.4, 0.5) is 5.69 Å². The monoisotopic (exact) mass is 429 g/mol. The molecule has 146 valence electrons. The standard InChI is InChI=1S/C17H20ClN3O4S2/c1-25-15-5-4-13(18)11-14(15)19-16(22)12-20-6-8-21(9-7-20)27(23,24)17-3-2-10-26-17/h2-5,10-11H,6-9,12H2,1H3,(H,19,22). The average Bonchev–Trinajstić information content (AvgIpc) is 3.18. The third kappa shape index (κ3) is 4.80. The number of sulfonamides is 1. The predicted molar refractivity (Wildman–Crippen MR) is 106 cm³/mol. The molecule has 1 aliphatic rings. The maximum atomic E-state index is 12.5. The number of methoxy groups -OCH3 is 1. The van der Waals surface area contributed by atoms with E-state index in [1.807, 2.05) is 4.90 Å². The van der Waals surface area contributed by atoms with Crippen LogP contribution in [0.15, 0.2) is 39.9 Å². The van der Waals surface area contributed by atoms with Gasteiger partial charge in [0.1, 0.15) is 9.96 Å². The van der Waals surface area contributed by atoms with Crippen LogP contribution in [0.5, 0.6) is 5.75 Å². The second-order valence-electron chi connectivity index (χ2n) is 6.01. The van der Waals surface area contributed by atoms with Crippen LogP contribution >= 0.6 is 22.9 Å². The molecule has 3 rings (SSSR count). The van der Waals surface area contributed by atoms with Gasteiger partial charge in [0, 0.05) is 31.2 Å². The topological polar surface area (TPSA) is 79.0 Å². The fourth-order valence-corrected chi connectivity index (χ4v) is 5.58. The first-order chi connectivity index (χ1) is 12.9. The van der Waals surface area contributed by atoms with Crippen molar-refractivity contribution in [1.29, 1.82) is 0 Å². The molecule has 2 aromatic rings. The van der Waals surface area contributed by atoms with Crippen molar-refractivity contribution in [3.05, 3.63) is 40.7 Å². The predicted octanol–water partition coefficient (Wildman–Crippen LogP) is 2.36. The molecule has 2 heterocycles. The van der Waals surface area contributed by atoms with E-state index in [2.05, 4.69) is 5.32 Å². The summed E-state index contributed by atoms with van der Waals surface area (Å²) in [6.45, 7) is 1.86. The van der Waals surface area contributed by atoms with Gasteiger partial charge in [0.05, 0.1) is 19.3 Å². The van der Waals surface area contributed by atoms with Gasteiger partial charge in [0.15, 0.2) is 0 Å². The number of piperazine rings is 1. The molecule has 1 N–H and O–H groups in total. The number of carbonyl (C=O) groups is 1. The largest absolute Gasteiger partial charge is 0.495 e. The zero-order valence-corrected chi connectivity index (χ0v) is 17.1. The van der Waals surface area contributed by atoms with E-state index in [1.165, 1.54) is 22.8 Å². The van der Waals surface area contributed by atoms with E-state index in [1.54, 1.807) is 35.7 Å². The number of nitrogens with one attached hydrogen (secondary N) is 1. The number of rotatable bonds is 6. The fraction of sp³-hybridized carbons (Fsp3) is 0.353. The van der Waals surface area contributed by atoms with E-state index in [-0.39, 0.29) is 12.5 Å². The highest BCUT2D eigenvalue weighted by molar-refractivity contribution is 7.91. The molecule has 0 saturated carbocycles. The molecule has 0 spiro atoms. The van der Waals surface area contributed by atoms with Crippen molar-refractivity contribution in [3.8, 4) is 5.75 Å². The zero-order valence-electron chi connectivity index (χ0n) is 14.7. The number of benzene rings is 1. The van der Waals surface area contributed by atoms with Crippen molar-refractivity contribution in [1.82, 2.24) is 9.21 Å². The lowest BCUT2D eigenvalue weighted by atomic mass is 10.3. The Hall–Kier alpha value is -1.65. The highest BCUT2D eigenvalue weighted by Gasteiger charge is 2.29. The molecule has 0 aliphatic carbocycles. The van der Waals surface area contributed by atoms with Crippen LogP contribution in [-0.4, -0.2) is 63.4 Å². The van der Waals surface area contributed by atoms with Crippen molar-refractivity contribution in [3.63, 3.8) is 0 Å². The number of amides is 1. The van der Waals surface area contributed by atoms with Gasteiger partial charge in [-0.05, 0) is 29.6 Å². The van der Waals surface area contributed by atoms with E-state index in [4.69, 9.17) is 16.3 Å². The number of thiophene rings is 1. The van der Waals surface area contributed by atoms with Gasteiger partial charge in [-0.15, -0.1) is 11.3 Å². The second kappa shape index (κ2) is 8.57. The molecular formula is C17H20ClN3O4S2. The van der Waals surface area contributed by atoms with Crippen LogP contribution in [0, 0.1) is 0 Å². The molecule has 1 aromatic heterocycles. The Kier molecular flexibility index (Phi) is 6.38. The molecular weight excluding hydrogens is 410 g/mol. The Morgan fingerprint density at radius 3 is 2.63 bits per heavy atom. The van der Waals surface area contributed by atoms with Gasteiger partial charge < -0.3 is 10.1 Å². The van der Waals surface area contributed by atoms with Crippen molar-refractivity contribution >= 4 is 44.6 Å². The molecule has 1 aromatic carbocycles. The first kappa shape index (κ1) is 20.1. The molecule has 0 atom stereocenters. The van der Waals surface area contributed by atoms with Gasteiger partial charge in [-0.3, -0.25) is 9.69 Å². The summed E-state index contributed by atoms with van der Waals surface area (Å²) in [5.41, 5.74) is 0.508. The van der Waals surface area contributed by atoms with Gasteiger partial charge in [-0.25, -0.2) is 8.42 Å². The number of hydrogen-bond acceptors (Lipinski definition) is 6. The lowest BCUT2D eigenvalue weighted by molar-refractivity contribution is -0.117. The van der Waals surface area contributed by atoms with Crippen molar-refractivity contribution in [2.24, 2.45) is 0 Å². The zero-order chi connectivity index (χ0) is 19.4. The van der Waals surface area contributed by atoms with Crippen LogP contribution in [0.2, 0.25) is 5.02 Å². The summed E-state index contributed by atoms with van der Waals surface area (Å²) < 4.78 is 32.1. The summed E-state index contributed by atoms with van der Waals surface area (Å²) in [5.74, 6) is 0.324. The minimum Gasteiger partial charge on any atom is -0.495 e. The number of ether oxygens (including phenoxy) is 1. The van der Waals surface area contributed by atoms with Crippen molar-refractivity contribution < 1.29 is 17.9 Å². The van der Waals surface area contributed by atoms with Crippen LogP contribution in [0.3, 0.4) is 0 Å². The fourth-order valence-electron chi connectivity index (χ4n) is 2.84. The van der Waals surface area contributed by atoms with E-state index < -0.39 is 10.0 Å². The molecule has 1 aliphatic heterocycles. The normalized spacial score (nSPS) is 16.2. The quantitative estimate of drug-likeness (QED) is 0.762. The van der Waals surface area contributed by atoms with E-state index >= 15 is 0 Å². The summed E-state index contributed by atoms with van der Waals surface area (Å²) in [5, 5.41) is 5.04. The number of anilines is 1. The summed E-state index contributed by atoms with van der Waals surface area (Å²) in [7, 11) is -1.92. The van der Waals surface area contributed by atoms with Crippen LogP contribution in [-0.2, 0) is 14.8 Å². The Labute approximate surface area is 167 Å². The lowest BCUT2D eigenvalue weighted by Crippen LogP contribution is -2.50. The van der Waals surface area contributed by atoms with E-state index in [0.717, 1.165) is 0 Å². The molecule has 27 heavy (non-hydrogen) atoms. The first-order valence-electron chi connectivity index (χ1n) is 8.29. The Morgan fingerprint density at radius 2 is 2.00 bits per heavy atom. The van der Waals surface area contributed by atoms with Crippen LogP contribution < -0.4 is 10.1 Å². The minimum atomic E-state index is -3.44. The summed E-state index contributed by atoms with van der Waals surface area (Å²) in [6, 6.07) is 8.33. The summed E-state index contributed by atoms with van der Waals surface area (Å²) >= 11 is 7.18. The Morgan fingerprint density at radius 1 is 1.26 bits per heavy atom. The van der Waals surface area contributed by atoms with Crippen LogP contribution in [0.1, 0.15) is 0 Å². The first-order valence-corrected chi connectivity index (χ1v) is 11.0. The maximum absolute atomic E-state index is 12.5. The van der Waals surface area contributed by atoms with E-state index in [9.17, 15) is 13.2 Å². The summed E-state index contributed by atoms with van der Waals surface area (Å²) in [6.07, 6.45) is 0.